The number of thiophene rings is 1. The van der Waals surface area contributed by atoms with Crippen molar-refractivity contribution in [3.63, 3.8) is 0 Å². The Balaban J connectivity index is 1.53. The van der Waals surface area contributed by atoms with E-state index in [0.717, 1.165) is 23.3 Å². The van der Waals surface area contributed by atoms with Crippen LogP contribution in [0.3, 0.4) is 0 Å². The van der Waals surface area contributed by atoms with Gasteiger partial charge >= 0.3 is 6.03 Å². The molecular formula is C21H21N3O3S. The Labute approximate surface area is 167 Å². The van der Waals surface area contributed by atoms with Crippen molar-refractivity contribution >= 4 is 23.3 Å². The van der Waals surface area contributed by atoms with Gasteiger partial charge in [0.15, 0.2) is 0 Å². The number of amides is 3. The van der Waals surface area contributed by atoms with Crippen LogP contribution in [0.1, 0.15) is 37.1 Å². The zero-order valence-electron chi connectivity index (χ0n) is 15.8. The molecule has 2 aromatic heterocycles. The van der Waals surface area contributed by atoms with E-state index < -0.39 is 11.6 Å². The predicted molar refractivity (Wildman–Crippen MR) is 107 cm³/mol. The van der Waals surface area contributed by atoms with Crippen LogP contribution in [0.25, 0.3) is 10.8 Å². The summed E-state index contributed by atoms with van der Waals surface area (Å²) in [7, 11) is 0. The molecule has 0 aliphatic carbocycles. The van der Waals surface area contributed by atoms with E-state index >= 15 is 0 Å². The van der Waals surface area contributed by atoms with Gasteiger partial charge in [-0.3, -0.25) is 9.69 Å². The van der Waals surface area contributed by atoms with Crippen LogP contribution in [0, 0.1) is 0 Å². The number of benzene rings is 1. The van der Waals surface area contributed by atoms with Gasteiger partial charge in [0.25, 0.3) is 5.91 Å². The summed E-state index contributed by atoms with van der Waals surface area (Å²) in [6, 6.07) is 11.3. The number of carbonyl (C=O) groups excluding carboxylic acids is 2. The highest BCUT2D eigenvalue weighted by Gasteiger charge is 2.49. The number of nitrogens with zero attached hydrogens (tertiary/aromatic N) is 2. The van der Waals surface area contributed by atoms with E-state index in [4.69, 9.17) is 4.42 Å². The molecule has 3 heterocycles. The molecule has 3 amide bonds. The Kier molecular flexibility index (Phi) is 4.77. The van der Waals surface area contributed by atoms with Gasteiger partial charge in [-0.2, -0.15) is 0 Å². The number of aryl methyl sites for hydroxylation is 1. The summed E-state index contributed by atoms with van der Waals surface area (Å²) in [5, 5.41) is 4.77. The van der Waals surface area contributed by atoms with Crippen molar-refractivity contribution in [2.75, 3.05) is 0 Å². The van der Waals surface area contributed by atoms with E-state index in [1.165, 1.54) is 28.1 Å². The lowest BCUT2D eigenvalue weighted by molar-refractivity contribution is -0.131. The number of rotatable bonds is 6. The van der Waals surface area contributed by atoms with E-state index in [1.807, 2.05) is 41.8 Å². The highest BCUT2D eigenvalue weighted by Crippen LogP contribution is 2.31. The number of hydrogen-bond acceptors (Lipinski definition) is 5. The molecule has 1 fully saturated rings. The average Bonchev–Trinajstić information content (AvgIpc) is 3.41. The van der Waals surface area contributed by atoms with Gasteiger partial charge in [-0.1, -0.05) is 43.7 Å². The van der Waals surface area contributed by atoms with Gasteiger partial charge < -0.3 is 9.73 Å². The number of carbonyl (C=O) groups is 2. The average molecular weight is 395 g/mol. The van der Waals surface area contributed by atoms with Crippen molar-refractivity contribution in [3.8, 4) is 10.8 Å². The molecule has 0 radical (unpaired) electrons. The minimum Gasteiger partial charge on any atom is -0.443 e. The topological polar surface area (TPSA) is 75.4 Å². The summed E-state index contributed by atoms with van der Waals surface area (Å²) in [5.41, 5.74) is 1.44. The summed E-state index contributed by atoms with van der Waals surface area (Å²) in [6.45, 7) is 3.94. The number of aromatic nitrogens is 1. The number of oxazole rings is 1. The molecule has 6 nitrogen and oxygen atoms in total. The molecule has 1 N–H and O–H groups in total. The molecule has 144 valence electrons. The van der Waals surface area contributed by atoms with Crippen LogP contribution in [0.15, 0.2) is 52.5 Å². The molecule has 7 heteroatoms. The highest BCUT2D eigenvalue weighted by molar-refractivity contribution is 7.13. The largest absolute Gasteiger partial charge is 0.443 e. The smallest absolute Gasteiger partial charge is 0.325 e. The van der Waals surface area contributed by atoms with Gasteiger partial charge in [0.2, 0.25) is 5.89 Å². The van der Waals surface area contributed by atoms with Crippen molar-refractivity contribution in [3.05, 3.63) is 64.9 Å². The van der Waals surface area contributed by atoms with Gasteiger partial charge in [0.05, 0.1) is 17.1 Å². The first-order valence-electron chi connectivity index (χ1n) is 9.23. The van der Waals surface area contributed by atoms with E-state index in [0.29, 0.717) is 11.6 Å². The van der Waals surface area contributed by atoms with Crippen LogP contribution in [0.4, 0.5) is 4.79 Å². The minimum absolute atomic E-state index is 0.0725. The minimum atomic E-state index is -1.08. The number of hydrogen-bond donors (Lipinski definition) is 1. The van der Waals surface area contributed by atoms with Crippen molar-refractivity contribution < 1.29 is 14.0 Å². The molecule has 0 spiro atoms. The normalized spacial score (nSPS) is 19.3. The molecule has 3 aromatic rings. The molecule has 1 aromatic carbocycles. The molecule has 1 unspecified atom stereocenters. The Morgan fingerprint density at radius 2 is 2.00 bits per heavy atom. The molecule has 28 heavy (non-hydrogen) atoms. The van der Waals surface area contributed by atoms with Crippen LogP contribution < -0.4 is 5.32 Å². The maximum Gasteiger partial charge on any atom is 0.325 e. The van der Waals surface area contributed by atoms with Crippen LogP contribution in [-0.4, -0.2) is 21.8 Å². The fourth-order valence-corrected chi connectivity index (χ4v) is 4.04. The Morgan fingerprint density at radius 3 is 2.68 bits per heavy atom. The molecule has 1 aliphatic rings. The molecule has 0 bridgehead atoms. The first-order chi connectivity index (χ1) is 13.5. The number of imide groups is 1. The summed E-state index contributed by atoms with van der Waals surface area (Å²) < 4.78 is 5.49. The van der Waals surface area contributed by atoms with Crippen molar-refractivity contribution in [1.29, 1.82) is 0 Å². The third-order valence-electron chi connectivity index (χ3n) is 4.95. The third-order valence-corrected chi connectivity index (χ3v) is 5.81. The Hall–Kier alpha value is -2.93. The summed E-state index contributed by atoms with van der Waals surface area (Å²) in [6.07, 6.45) is 3.54. The van der Waals surface area contributed by atoms with Crippen LogP contribution >= 0.6 is 11.3 Å². The van der Waals surface area contributed by atoms with E-state index in [1.54, 1.807) is 6.92 Å². The molecule has 1 saturated heterocycles. The maximum absolute atomic E-state index is 13.1. The SMILES string of the molecule is CCCc1ccc(C2(C)NC(=O)N(Cc3coc(-c4cccs4)n3)C2=O)cc1. The zero-order valence-corrected chi connectivity index (χ0v) is 16.6. The second-order valence-electron chi connectivity index (χ2n) is 7.01. The van der Waals surface area contributed by atoms with Gasteiger partial charge in [-0.25, -0.2) is 9.78 Å². The van der Waals surface area contributed by atoms with Crippen molar-refractivity contribution in [1.82, 2.24) is 15.2 Å². The highest BCUT2D eigenvalue weighted by atomic mass is 32.1. The van der Waals surface area contributed by atoms with Gasteiger partial charge in [0, 0.05) is 0 Å². The van der Waals surface area contributed by atoms with E-state index in [9.17, 15) is 9.59 Å². The summed E-state index contributed by atoms with van der Waals surface area (Å²) >= 11 is 1.52. The Morgan fingerprint density at radius 1 is 1.21 bits per heavy atom. The zero-order chi connectivity index (χ0) is 19.7. The lowest BCUT2D eigenvalue weighted by Crippen LogP contribution is -2.40. The number of nitrogens with one attached hydrogen (secondary N) is 1. The van der Waals surface area contributed by atoms with Crippen LogP contribution in [0.2, 0.25) is 0 Å². The molecular weight excluding hydrogens is 374 g/mol. The Bertz CT molecular complexity index is 994. The van der Waals surface area contributed by atoms with E-state index in [2.05, 4.69) is 17.2 Å². The van der Waals surface area contributed by atoms with Crippen molar-refractivity contribution in [2.24, 2.45) is 0 Å². The second-order valence-corrected chi connectivity index (χ2v) is 7.96. The maximum atomic E-state index is 13.1. The monoisotopic (exact) mass is 395 g/mol. The van der Waals surface area contributed by atoms with Crippen LogP contribution in [-0.2, 0) is 23.3 Å². The molecule has 0 saturated carbocycles. The fraction of sp³-hybridized carbons (Fsp3) is 0.286. The summed E-state index contributed by atoms with van der Waals surface area (Å²) in [4.78, 5) is 32.1. The molecule has 1 aliphatic heterocycles. The number of urea groups is 1. The first kappa shape index (κ1) is 18.4. The predicted octanol–water partition coefficient (Wildman–Crippen LogP) is 4.32. The third kappa shape index (κ3) is 3.22. The van der Waals surface area contributed by atoms with E-state index in [-0.39, 0.29) is 12.5 Å². The summed E-state index contributed by atoms with van der Waals surface area (Å²) in [5.74, 6) is 0.202. The first-order valence-corrected chi connectivity index (χ1v) is 10.1. The molecule has 4 rings (SSSR count). The lowest BCUT2D eigenvalue weighted by Gasteiger charge is -2.22. The quantitative estimate of drug-likeness (QED) is 0.631. The second kappa shape index (κ2) is 7.24. The van der Waals surface area contributed by atoms with Crippen molar-refractivity contribution in [2.45, 2.75) is 38.8 Å². The van der Waals surface area contributed by atoms with Gasteiger partial charge in [-0.05, 0) is 35.9 Å². The van der Waals surface area contributed by atoms with Gasteiger partial charge in [0.1, 0.15) is 11.8 Å². The fourth-order valence-electron chi connectivity index (χ4n) is 3.38. The van der Waals surface area contributed by atoms with Gasteiger partial charge in [-0.15, -0.1) is 11.3 Å². The van der Waals surface area contributed by atoms with Crippen LogP contribution in [0.5, 0.6) is 0 Å². The lowest BCUT2D eigenvalue weighted by atomic mass is 9.91. The molecule has 1 atom stereocenters. The standard InChI is InChI=1S/C21H21N3O3S/c1-3-5-14-7-9-15(10-8-14)21(2)19(25)24(20(26)23-21)12-16-13-27-18(22-16)17-6-4-11-28-17/h4,6-11,13H,3,5,12H2,1-2H3,(H,23,26).